The standard InChI is InChI=1S/C25H18N2O6S/c1-31-18-5-2-4-15(10-18)22-26-17(14-34-22)13-33-25(30)16-7-8-20-21(11-16)24(29)27(23(20)28)12-19-6-3-9-32-19/h2-11,14H,12-13H2,1H3. The van der Waals surface area contributed by atoms with E-state index in [1.54, 1.807) is 19.2 Å². The van der Waals surface area contributed by atoms with Crippen LogP contribution in [0, 0.1) is 0 Å². The third kappa shape index (κ3) is 4.08. The lowest BCUT2D eigenvalue weighted by Gasteiger charge is -2.11. The lowest BCUT2D eigenvalue weighted by molar-refractivity contribution is 0.0468. The maximum atomic E-state index is 12.8. The molecule has 5 rings (SSSR count). The summed E-state index contributed by atoms with van der Waals surface area (Å²) in [6.45, 7) is 0.00640. The Labute approximate surface area is 198 Å². The number of carbonyl (C=O) groups excluding carboxylic acids is 3. The van der Waals surface area contributed by atoms with Gasteiger partial charge < -0.3 is 13.9 Å². The van der Waals surface area contributed by atoms with Crippen LogP contribution in [0.4, 0.5) is 0 Å². The molecule has 0 bridgehead atoms. The Morgan fingerprint density at radius 1 is 1.06 bits per heavy atom. The molecule has 8 nitrogen and oxygen atoms in total. The van der Waals surface area contributed by atoms with Gasteiger partial charge in [0.2, 0.25) is 0 Å². The van der Waals surface area contributed by atoms with Crippen molar-refractivity contribution in [2.75, 3.05) is 7.11 Å². The van der Waals surface area contributed by atoms with Crippen LogP contribution in [0.5, 0.6) is 5.75 Å². The second kappa shape index (κ2) is 8.95. The molecule has 0 saturated heterocycles. The molecule has 0 N–H and O–H groups in total. The molecule has 4 aromatic rings. The Morgan fingerprint density at radius 3 is 2.71 bits per heavy atom. The topological polar surface area (TPSA) is 98.9 Å². The molecule has 34 heavy (non-hydrogen) atoms. The van der Waals surface area contributed by atoms with E-state index >= 15 is 0 Å². The summed E-state index contributed by atoms with van der Waals surface area (Å²) >= 11 is 1.43. The van der Waals surface area contributed by atoms with Gasteiger partial charge in [-0.25, -0.2) is 9.78 Å². The molecule has 1 aliphatic heterocycles. The number of carbonyl (C=O) groups is 3. The molecular formula is C25H18N2O6S. The highest BCUT2D eigenvalue weighted by atomic mass is 32.1. The predicted octanol–water partition coefficient (Wildman–Crippen LogP) is 4.56. The Balaban J connectivity index is 1.26. The minimum absolute atomic E-state index is 0.0200. The fraction of sp³-hybridized carbons (Fsp3) is 0.120. The molecule has 1 aliphatic rings. The van der Waals surface area contributed by atoms with Crippen LogP contribution in [0.25, 0.3) is 10.6 Å². The second-order valence-corrected chi connectivity index (χ2v) is 8.35. The maximum Gasteiger partial charge on any atom is 0.338 e. The van der Waals surface area contributed by atoms with Gasteiger partial charge in [0.15, 0.2) is 0 Å². The van der Waals surface area contributed by atoms with Crippen LogP contribution in [-0.4, -0.2) is 34.8 Å². The summed E-state index contributed by atoms with van der Waals surface area (Å²) < 4.78 is 15.9. The van der Waals surface area contributed by atoms with Crippen molar-refractivity contribution in [3.05, 3.63) is 94.4 Å². The van der Waals surface area contributed by atoms with Crippen LogP contribution in [0.1, 0.15) is 42.5 Å². The average molecular weight is 474 g/mol. The SMILES string of the molecule is COc1cccc(-c2nc(COC(=O)c3ccc4c(c3)C(=O)N(Cc3ccco3)C4=O)cs2)c1. The minimum Gasteiger partial charge on any atom is -0.497 e. The number of benzene rings is 2. The Bertz CT molecular complexity index is 1390. The molecule has 0 atom stereocenters. The van der Waals surface area contributed by atoms with E-state index in [-0.39, 0.29) is 29.8 Å². The highest BCUT2D eigenvalue weighted by Gasteiger charge is 2.36. The smallest absolute Gasteiger partial charge is 0.338 e. The zero-order chi connectivity index (χ0) is 23.7. The zero-order valence-corrected chi connectivity index (χ0v) is 18.8. The number of furan rings is 1. The summed E-state index contributed by atoms with van der Waals surface area (Å²) in [4.78, 5) is 43.6. The zero-order valence-electron chi connectivity index (χ0n) is 18.0. The van der Waals surface area contributed by atoms with Crippen molar-refractivity contribution in [1.82, 2.24) is 9.88 Å². The van der Waals surface area contributed by atoms with E-state index in [2.05, 4.69) is 4.98 Å². The Morgan fingerprint density at radius 2 is 1.91 bits per heavy atom. The van der Waals surface area contributed by atoms with E-state index in [1.165, 1.54) is 35.8 Å². The number of hydrogen-bond donors (Lipinski definition) is 0. The number of thiazole rings is 1. The third-order valence-corrected chi connectivity index (χ3v) is 6.26. The Hall–Kier alpha value is -4.24. The van der Waals surface area contributed by atoms with Crippen molar-refractivity contribution < 1.29 is 28.3 Å². The number of nitrogens with zero attached hydrogens (tertiary/aromatic N) is 2. The van der Waals surface area contributed by atoms with Crippen molar-refractivity contribution in [2.45, 2.75) is 13.2 Å². The summed E-state index contributed by atoms with van der Waals surface area (Å²) in [7, 11) is 1.60. The molecule has 0 radical (unpaired) electrons. The van der Waals surface area contributed by atoms with Crippen molar-refractivity contribution >= 4 is 29.1 Å². The van der Waals surface area contributed by atoms with Crippen LogP contribution in [0.3, 0.4) is 0 Å². The van der Waals surface area contributed by atoms with Gasteiger partial charge in [-0.05, 0) is 42.5 Å². The number of aromatic nitrogens is 1. The number of fused-ring (bicyclic) bond motifs is 1. The summed E-state index contributed by atoms with van der Waals surface area (Å²) in [6, 6.07) is 15.2. The van der Waals surface area contributed by atoms with E-state index < -0.39 is 17.8 Å². The molecule has 170 valence electrons. The minimum atomic E-state index is -0.608. The molecule has 2 amide bonds. The Kier molecular flexibility index (Phi) is 5.69. The van der Waals surface area contributed by atoms with Crippen molar-refractivity contribution in [2.24, 2.45) is 0 Å². The number of ether oxygens (including phenoxy) is 2. The lowest BCUT2D eigenvalue weighted by atomic mass is 10.1. The largest absolute Gasteiger partial charge is 0.497 e. The van der Waals surface area contributed by atoms with E-state index in [9.17, 15) is 14.4 Å². The molecule has 0 saturated carbocycles. The van der Waals surface area contributed by atoms with Gasteiger partial charge in [-0.1, -0.05) is 12.1 Å². The van der Waals surface area contributed by atoms with Gasteiger partial charge in [0.05, 0.1) is 42.3 Å². The number of hydrogen-bond acceptors (Lipinski definition) is 8. The molecule has 9 heteroatoms. The van der Waals surface area contributed by atoms with Crippen molar-refractivity contribution in [1.29, 1.82) is 0 Å². The van der Waals surface area contributed by atoms with E-state index in [1.807, 2.05) is 29.6 Å². The van der Waals surface area contributed by atoms with E-state index in [4.69, 9.17) is 13.9 Å². The average Bonchev–Trinajstić information content (AvgIpc) is 3.61. The highest BCUT2D eigenvalue weighted by Crippen LogP contribution is 2.28. The molecule has 0 spiro atoms. The first-order valence-electron chi connectivity index (χ1n) is 10.3. The van der Waals surface area contributed by atoms with Gasteiger partial charge in [0, 0.05) is 10.9 Å². The molecule has 0 unspecified atom stereocenters. The first-order valence-corrected chi connectivity index (χ1v) is 11.2. The maximum absolute atomic E-state index is 12.8. The third-order valence-electron chi connectivity index (χ3n) is 5.32. The van der Waals surface area contributed by atoms with E-state index in [0.29, 0.717) is 11.5 Å². The van der Waals surface area contributed by atoms with Gasteiger partial charge >= 0.3 is 5.97 Å². The number of esters is 1. The fourth-order valence-corrected chi connectivity index (χ4v) is 4.41. The number of amides is 2. The van der Waals surface area contributed by atoms with Gasteiger partial charge in [0.25, 0.3) is 11.8 Å². The molecule has 3 heterocycles. The van der Waals surface area contributed by atoms with Crippen LogP contribution in [0.15, 0.2) is 70.7 Å². The molecule has 0 aliphatic carbocycles. The number of imide groups is 1. The lowest BCUT2D eigenvalue weighted by Crippen LogP contribution is -2.28. The van der Waals surface area contributed by atoms with Crippen molar-refractivity contribution in [3.8, 4) is 16.3 Å². The molecular weight excluding hydrogens is 456 g/mol. The van der Waals surface area contributed by atoms with E-state index in [0.717, 1.165) is 21.2 Å². The molecule has 2 aromatic carbocycles. The van der Waals surface area contributed by atoms with Crippen LogP contribution < -0.4 is 4.74 Å². The van der Waals surface area contributed by atoms with Gasteiger partial charge in [-0.2, -0.15) is 0 Å². The summed E-state index contributed by atoms with van der Waals surface area (Å²) in [6.07, 6.45) is 1.48. The van der Waals surface area contributed by atoms with Crippen LogP contribution in [0.2, 0.25) is 0 Å². The first kappa shape index (κ1) is 21.6. The summed E-state index contributed by atoms with van der Waals surface area (Å²) in [5.41, 5.74) is 2.11. The quantitative estimate of drug-likeness (QED) is 0.286. The predicted molar refractivity (Wildman–Crippen MR) is 123 cm³/mol. The van der Waals surface area contributed by atoms with Crippen molar-refractivity contribution in [3.63, 3.8) is 0 Å². The van der Waals surface area contributed by atoms with Crippen LogP contribution in [-0.2, 0) is 17.9 Å². The number of methoxy groups -OCH3 is 1. The fourth-order valence-electron chi connectivity index (χ4n) is 3.60. The molecule has 2 aromatic heterocycles. The summed E-state index contributed by atoms with van der Waals surface area (Å²) in [5.74, 6) is -0.292. The summed E-state index contributed by atoms with van der Waals surface area (Å²) in [5, 5.41) is 2.60. The first-order chi connectivity index (χ1) is 16.5. The number of rotatable bonds is 7. The second-order valence-electron chi connectivity index (χ2n) is 7.49. The highest BCUT2D eigenvalue weighted by molar-refractivity contribution is 7.13. The normalized spacial score (nSPS) is 12.7. The van der Waals surface area contributed by atoms with Gasteiger partial charge in [-0.3, -0.25) is 14.5 Å². The van der Waals surface area contributed by atoms with Crippen LogP contribution >= 0.6 is 11.3 Å². The van der Waals surface area contributed by atoms with Gasteiger partial charge in [-0.15, -0.1) is 11.3 Å². The molecule has 0 fully saturated rings. The monoisotopic (exact) mass is 474 g/mol. The van der Waals surface area contributed by atoms with Gasteiger partial charge in [0.1, 0.15) is 23.1 Å².